The Morgan fingerprint density at radius 3 is 2.71 bits per heavy atom. The van der Waals surface area contributed by atoms with Crippen LogP contribution in [0.2, 0.25) is 0 Å². The molecule has 0 amide bonds. The van der Waals surface area contributed by atoms with E-state index in [1.54, 1.807) is 16.7 Å². The van der Waals surface area contributed by atoms with Gasteiger partial charge in [-0.05, 0) is 31.0 Å². The average Bonchev–Trinajstić information content (AvgIpc) is 3.32. The summed E-state index contributed by atoms with van der Waals surface area (Å²) in [4.78, 5) is 16.8. The van der Waals surface area contributed by atoms with E-state index in [9.17, 15) is 8.42 Å². The zero-order chi connectivity index (χ0) is 19.3. The smallest absolute Gasteiger partial charge is 0.211 e. The van der Waals surface area contributed by atoms with Crippen molar-refractivity contribution in [2.75, 3.05) is 19.3 Å². The van der Waals surface area contributed by atoms with Crippen LogP contribution in [0.4, 0.5) is 0 Å². The lowest BCUT2D eigenvalue weighted by molar-refractivity contribution is 0.280. The SMILES string of the molecule is CS(=O)(=O)N1CCC(n2c(-c3cccnc3)nc3cnc4[nH]ccc4c32)CC1. The van der Waals surface area contributed by atoms with Crippen molar-refractivity contribution in [3.8, 4) is 11.4 Å². The van der Waals surface area contributed by atoms with Crippen molar-refractivity contribution in [1.29, 1.82) is 0 Å². The van der Waals surface area contributed by atoms with E-state index in [1.807, 2.05) is 30.6 Å². The molecule has 9 heteroatoms. The quantitative estimate of drug-likeness (QED) is 0.574. The summed E-state index contributed by atoms with van der Waals surface area (Å²) in [6, 6.07) is 6.06. The van der Waals surface area contributed by atoms with Crippen molar-refractivity contribution >= 4 is 32.1 Å². The first-order chi connectivity index (χ1) is 13.5. The van der Waals surface area contributed by atoms with Gasteiger partial charge in [-0.2, -0.15) is 0 Å². The van der Waals surface area contributed by atoms with Gasteiger partial charge in [-0.3, -0.25) is 4.98 Å². The first-order valence-electron chi connectivity index (χ1n) is 9.22. The molecule has 0 aliphatic carbocycles. The third-order valence-electron chi connectivity index (χ3n) is 5.41. The maximum atomic E-state index is 11.9. The summed E-state index contributed by atoms with van der Waals surface area (Å²) >= 11 is 0. The minimum atomic E-state index is -3.17. The van der Waals surface area contributed by atoms with Crippen LogP contribution >= 0.6 is 0 Å². The molecule has 0 radical (unpaired) electrons. The third kappa shape index (κ3) is 2.78. The molecule has 1 fully saturated rings. The number of rotatable bonds is 3. The summed E-state index contributed by atoms with van der Waals surface area (Å²) in [6.07, 6.45) is 9.97. The summed E-state index contributed by atoms with van der Waals surface area (Å²) in [5.74, 6) is 0.844. The van der Waals surface area contributed by atoms with E-state index in [-0.39, 0.29) is 6.04 Å². The summed E-state index contributed by atoms with van der Waals surface area (Å²) in [5, 5.41) is 1.02. The second-order valence-corrected chi connectivity index (χ2v) is 9.15. The summed E-state index contributed by atoms with van der Waals surface area (Å²) in [5.41, 5.74) is 3.62. The largest absolute Gasteiger partial charge is 0.346 e. The molecule has 1 saturated heterocycles. The number of aromatic amines is 1. The number of fused-ring (bicyclic) bond motifs is 3. The number of aromatic nitrogens is 5. The number of sulfonamides is 1. The Morgan fingerprint density at radius 2 is 2.00 bits per heavy atom. The highest BCUT2D eigenvalue weighted by molar-refractivity contribution is 7.88. The number of hydrogen-bond acceptors (Lipinski definition) is 5. The van der Waals surface area contributed by atoms with E-state index in [0.717, 1.165) is 46.3 Å². The third-order valence-corrected chi connectivity index (χ3v) is 6.71. The van der Waals surface area contributed by atoms with Gasteiger partial charge >= 0.3 is 0 Å². The zero-order valence-electron chi connectivity index (χ0n) is 15.4. The molecule has 1 aliphatic heterocycles. The van der Waals surface area contributed by atoms with Crippen molar-refractivity contribution < 1.29 is 8.42 Å². The van der Waals surface area contributed by atoms with Gasteiger partial charge in [-0.15, -0.1) is 0 Å². The van der Waals surface area contributed by atoms with E-state index in [4.69, 9.17) is 4.98 Å². The Hall–Kier alpha value is -2.78. The van der Waals surface area contributed by atoms with Gasteiger partial charge in [0.1, 0.15) is 17.0 Å². The van der Waals surface area contributed by atoms with Crippen molar-refractivity contribution in [3.05, 3.63) is 43.0 Å². The summed E-state index contributed by atoms with van der Waals surface area (Å²) < 4.78 is 27.6. The molecule has 0 saturated carbocycles. The second kappa shape index (κ2) is 6.39. The van der Waals surface area contributed by atoms with Crippen LogP contribution in [0.15, 0.2) is 43.0 Å². The molecule has 5 heterocycles. The van der Waals surface area contributed by atoms with Gasteiger partial charge in [0.2, 0.25) is 10.0 Å². The molecule has 0 unspecified atom stereocenters. The van der Waals surface area contributed by atoms with Gasteiger partial charge in [-0.25, -0.2) is 22.7 Å². The Balaban J connectivity index is 1.69. The van der Waals surface area contributed by atoms with Crippen LogP contribution in [-0.4, -0.2) is 56.6 Å². The van der Waals surface area contributed by atoms with Crippen molar-refractivity contribution in [3.63, 3.8) is 0 Å². The minimum absolute atomic E-state index is 0.152. The number of nitrogens with one attached hydrogen (secondary N) is 1. The number of hydrogen-bond donors (Lipinski definition) is 1. The van der Waals surface area contributed by atoms with E-state index in [1.165, 1.54) is 6.26 Å². The van der Waals surface area contributed by atoms with E-state index in [2.05, 4.69) is 19.5 Å². The maximum absolute atomic E-state index is 11.9. The van der Waals surface area contributed by atoms with Gasteiger partial charge in [0.05, 0.1) is 18.0 Å². The van der Waals surface area contributed by atoms with Crippen LogP contribution in [0, 0.1) is 0 Å². The Morgan fingerprint density at radius 1 is 1.18 bits per heavy atom. The summed E-state index contributed by atoms with van der Waals surface area (Å²) in [6.45, 7) is 1.02. The molecule has 5 rings (SSSR count). The lowest BCUT2D eigenvalue weighted by Crippen LogP contribution is -2.38. The number of nitrogens with zero attached hydrogens (tertiary/aromatic N) is 5. The standard InChI is InChI=1S/C19H20N6O2S/c1-28(26,27)24-9-5-14(6-10-24)25-17-15-4-8-21-18(15)22-12-16(17)23-19(25)13-3-2-7-20-11-13/h2-4,7-8,11-12,14H,5-6,9-10H2,1H3,(H,21,22). The molecule has 8 nitrogen and oxygen atoms in total. The first kappa shape index (κ1) is 17.3. The van der Waals surface area contributed by atoms with Crippen molar-refractivity contribution in [2.45, 2.75) is 18.9 Å². The van der Waals surface area contributed by atoms with E-state index >= 15 is 0 Å². The molecule has 28 heavy (non-hydrogen) atoms. The van der Waals surface area contributed by atoms with Crippen LogP contribution < -0.4 is 0 Å². The highest BCUT2D eigenvalue weighted by Crippen LogP contribution is 2.36. The predicted octanol–water partition coefficient (Wildman–Crippen LogP) is 2.57. The molecule has 0 spiro atoms. The summed E-state index contributed by atoms with van der Waals surface area (Å²) in [7, 11) is -3.17. The molecule has 4 aromatic rings. The van der Waals surface area contributed by atoms with Crippen LogP contribution in [0.5, 0.6) is 0 Å². The maximum Gasteiger partial charge on any atom is 0.211 e. The molecule has 144 valence electrons. The zero-order valence-corrected chi connectivity index (χ0v) is 16.2. The number of imidazole rings is 1. The second-order valence-electron chi connectivity index (χ2n) is 7.17. The monoisotopic (exact) mass is 396 g/mol. The van der Waals surface area contributed by atoms with Crippen LogP contribution in [0.3, 0.4) is 0 Å². The lowest BCUT2D eigenvalue weighted by atomic mass is 10.1. The fourth-order valence-corrected chi connectivity index (χ4v) is 4.95. The number of piperidine rings is 1. The normalized spacial score (nSPS) is 16.9. The fraction of sp³-hybridized carbons (Fsp3) is 0.316. The van der Waals surface area contributed by atoms with Gasteiger partial charge in [0.25, 0.3) is 0 Å². The molecule has 0 bridgehead atoms. The molecular weight excluding hydrogens is 376 g/mol. The van der Waals surface area contributed by atoms with Gasteiger partial charge in [0, 0.05) is 48.7 Å². The molecule has 1 aliphatic rings. The van der Waals surface area contributed by atoms with Gasteiger partial charge < -0.3 is 9.55 Å². The van der Waals surface area contributed by atoms with E-state index in [0.29, 0.717) is 13.1 Å². The number of pyridine rings is 2. The van der Waals surface area contributed by atoms with E-state index < -0.39 is 10.0 Å². The molecule has 0 atom stereocenters. The highest BCUT2D eigenvalue weighted by atomic mass is 32.2. The minimum Gasteiger partial charge on any atom is -0.346 e. The van der Waals surface area contributed by atoms with Gasteiger partial charge in [0.15, 0.2) is 0 Å². The molecular formula is C19H20N6O2S. The van der Waals surface area contributed by atoms with Crippen molar-refractivity contribution in [2.24, 2.45) is 0 Å². The molecule has 1 N–H and O–H groups in total. The van der Waals surface area contributed by atoms with Gasteiger partial charge in [-0.1, -0.05) is 0 Å². The Kier molecular flexibility index (Phi) is 3.95. The van der Waals surface area contributed by atoms with Crippen LogP contribution in [-0.2, 0) is 10.0 Å². The average molecular weight is 396 g/mol. The molecule has 0 aromatic carbocycles. The topological polar surface area (TPSA) is 96.8 Å². The van der Waals surface area contributed by atoms with Crippen LogP contribution in [0.1, 0.15) is 18.9 Å². The first-order valence-corrected chi connectivity index (χ1v) is 11.1. The lowest BCUT2D eigenvalue weighted by Gasteiger charge is -2.32. The molecule has 4 aromatic heterocycles. The highest BCUT2D eigenvalue weighted by Gasteiger charge is 2.29. The Labute approximate surface area is 162 Å². The Bertz CT molecular complexity index is 1250. The van der Waals surface area contributed by atoms with Crippen molar-refractivity contribution in [1.82, 2.24) is 28.8 Å². The fourth-order valence-electron chi connectivity index (χ4n) is 4.08. The van der Waals surface area contributed by atoms with Crippen LogP contribution in [0.25, 0.3) is 33.5 Å². The predicted molar refractivity (Wildman–Crippen MR) is 107 cm³/mol. The number of H-pyrrole nitrogens is 1.